The van der Waals surface area contributed by atoms with Crippen molar-refractivity contribution < 1.29 is 18.0 Å². The van der Waals surface area contributed by atoms with Crippen LogP contribution in [0.3, 0.4) is 0 Å². The summed E-state index contributed by atoms with van der Waals surface area (Å²) < 4.78 is 23.4. The summed E-state index contributed by atoms with van der Waals surface area (Å²) in [7, 11) is -3.04. The summed E-state index contributed by atoms with van der Waals surface area (Å²) in [5.74, 6) is -0.871. The van der Waals surface area contributed by atoms with Crippen LogP contribution in [0.4, 0.5) is 5.69 Å². The molecular formula is C13H15BrN2O4S. The van der Waals surface area contributed by atoms with Gasteiger partial charge in [0, 0.05) is 16.2 Å². The minimum Gasteiger partial charge on any atom is -0.352 e. The van der Waals surface area contributed by atoms with Gasteiger partial charge in [-0.1, -0.05) is 22.0 Å². The number of carbonyl (C=O) groups excluding carboxylic acids is 2. The van der Waals surface area contributed by atoms with Crippen molar-refractivity contribution in [1.82, 2.24) is 5.32 Å². The van der Waals surface area contributed by atoms with Gasteiger partial charge in [-0.2, -0.15) is 0 Å². The van der Waals surface area contributed by atoms with Crippen molar-refractivity contribution in [3.8, 4) is 0 Å². The largest absolute Gasteiger partial charge is 0.352 e. The standard InChI is InChI=1S/C13H15BrN2O4S/c14-9-2-1-3-10(6-9)15-12(17)7-13(18)16-11-4-5-21(19,20)8-11/h1-3,6,11H,4-5,7-8H2,(H,15,17)(H,16,18). The highest BCUT2D eigenvalue weighted by Gasteiger charge is 2.29. The highest BCUT2D eigenvalue weighted by Crippen LogP contribution is 2.16. The average Bonchev–Trinajstić information content (AvgIpc) is 2.67. The van der Waals surface area contributed by atoms with Crippen LogP contribution in [0.1, 0.15) is 12.8 Å². The number of halogens is 1. The maximum Gasteiger partial charge on any atom is 0.233 e. The molecule has 0 bridgehead atoms. The third-order valence-corrected chi connectivity index (χ3v) is 5.29. The average molecular weight is 375 g/mol. The molecule has 6 nitrogen and oxygen atoms in total. The van der Waals surface area contributed by atoms with Gasteiger partial charge in [-0.05, 0) is 24.6 Å². The molecule has 2 amide bonds. The fourth-order valence-corrected chi connectivity index (χ4v) is 4.18. The van der Waals surface area contributed by atoms with Gasteiger partial charge in [0.1, 0.15) is 6.42 Å². The van der Waals surface area contributed by atoms with E-state index in [-0.39, 0.29) is 24.0 Å². The molecule has 1 aliphatic heterocycles. The zero-order valence-corrected chi connectivity index (χ0v) is 13.5. The predicted molar refractivity (Wildman–Crippen MR) is 82.6 cm³/mol. The second-order valence-electron chi connectivity index (χ2n) is 4.90. The molecule has 0 aromatic heterocycles. The van der Waals surface area contributed by atoms with E-state index in [0.29, 0.717) is 12.1 Å². The van der Waals surface area contributed by atoms with Gasteiger partial charge in [-0.3, -0.25) is 9.59 Å². The van der Waals surface area contributed by atoms with E-state index in [1.807, 2.05) is 6.07 Å². The van der Waals surface area contributed by atoms with Crippen LogP contribution in [0.2, 0.25) is 0 Å². The first kappa shape index (κ1) is 16.0. The number of hydrogen-bond donors (Lipinski definition) is 2. The maximum atomic E-state index is 11.7. The van der Waals surface area contributed by atoms with E-state index in [0.717, 1.165) is 4.47 Å². The molecule has 1 saturated heterocycles. The molecule has 21 heavy (non-hydrogen) atoms. The van der Waals surface area contributed by atoms with Gasteiger partial charge in [-0.15, -0.1) is 0 Å². The van der Waals surface area contributed by atoms with Gasteiger partial charge in [0.2, 0.25) is 11.8 Å². The summed E-state index contributed by atoms with van der Waals surface area (Å²) in [6.45, 7) is 0. The van der Waals surface area contributed by atoms with Gasteiger partial charge in [-0.25, -0.2) is 8.42 Å². The van der Waals surface area contributed by atoms with Gasteiger partial charge in [0.05, 0.1) is 11.5 Å². The van der Waals surface area contributed by atoms with E-state index in [4.69, 9.17) is 0 Å². The molecule has 1 aliphatic rings. The van der Waals surface area contributed by atoms with Crippen molar-refractivity contribution in [1.29, 1.82) is 0 Å². The Labute approximate surface area is 131 Å². The Morgan fingerprint density at radius 1 is 1.29 bits per heavy atom. The summed E-state index contributed by atoms with van der Waals surface area (Å²) in [6, 6.07) is 6.64. The minimum atomic E-state index is -3.04. The highest BCUT2D eigenvalue weighted by molar-refractivity contribution is 9.10. The van der Waals surface area contributed by atoms with E-state index in [1.54, 1.807) is 18.2 Å². The van der Waals surface area contributed by atoms with Gasteiger partial charge in [0.15, 0.2) is 9.84 Å². The Kier molecular flexibility index (Phi) is 5.00. The van der Waals surface area contributed by atoms with Crippen LogP contribution >= 0.6 is 15.9 Å². The van der Waals surface area contributed by atoms with E-state index in [2.05, 4.69) is 26.6 Å². The van der Waals surface area contributed by atoms with Crippen molar-refractivity contribution in [3.05, 3.63) is 28.7 Å². The van der Waals surface area contributed by atoms with Crippen molar-refractivity contribution in [2.45, 2.75) is 18.9 Å². The summed E-state index contributed by atoms with van der Waals surface area (Å²) in [5, 5.41) is 5.18. The second kappa shape index (κ2) is 6.57. The van der Waals surface area contributed by atoms with Crippen LogP contribution in [-0.2, 0) is 19.4 Å². The second-order valence-corrected chi connectivity index (χ2v) is 8.05. The third-order valence-electron chi connectivity index (χ3n) is 3.03. The molecule has 1 heterocycles. The van der Waals surface area contributed by atoms with Crippen LogP contribution in [-0.4, -0.2) is 37.8 Å². The van der Waals surface area contributed by atoms with E-state index in [1.165, 1.54) is 0 Å². The number of nitrogens with one attached hydrogen (secondary N) is 2. The van der Waals surface area contributed by atoms with Gasteiger partial charge >= 0.3 is 0 Å². The molecule has 1 unspecified atom stereocenters. The molecule has 1 aromatic rings. The maximum absolute atomic E-state index is 11.7. The lowest BCUT2D eigenvalue weighted by atomic mass is 10.2. The molecule has 8 heteroatoms. The topological polar surface area (TPSA) is 92.3 Å². The smallest absolute Gasteiger partial charge is 0.233 e. The van der Waals surface area contributed by atoms with Gasteiger partial charge < -0.3 is 10.6 Å². The van der Waals surface area contributed by atoms with Crippen molar-refractivity contribution in [2.75, 3.05) is 16.8 Å². The zero-order chi connectivity index (χ0) is 15.5. The number of rotatable bonds is 4. The molecule has 0 radical (unpaired) electrons. The van der Waals surface area contributed by atoms with E-state index in [9.17, 15) is 18.0 Å². The number of anilines is 1. The predicted octanol–water partition coefficient (Wildman–Crippen LogP) is 1.08. The molecule has 2 rings (SSSR count). The monoisotopic (exact) mass is 374 g/mol. The summed E-state index contributed by atoms with van der Waals surface area (Å²) in [4.78, 5) is 23.4. The van der Waals surface area contributed by atoms with Crippen LogP contribution in [0.25, 0.3) is 0 Å². The first-order chi connectivity index (χ1) is 9.84. The fraction of sp³-hybridized carbons (Fsp3) is 0.385. The SMILES string of the molecule is O=C(CC(=O)NC1CCS(=O)(=O)C1)Nc1cccc(Br)c1. The molecule has 2 N–H and O–H groups in total. The molecule has 1 fully saturated rings. The first-order valence-corrected chi connectivity index (χ1v) is 9.01. The first-order valence-electron chi connectivity index (χ1n) is 6.39. The Balaban J connectivity index is 1.81. The lowest BCUT2D eigenvalue weighted by Gasteiger charge is -2.11. The molecule has 1 aromatic carbocycles. The van der Waals surface area contributed by atoms with Crippen molar-refractivity contribution in [2.24, 2.45) is 0 Å². The normalized spacial score (nSPS) is 20.0. The third kappa shape index (κ3) is 5.13. The van der Waals surface area contributed by atoms with Crippen LogP contribution in [0, 0.1) is 0 Å². The highest BCUT2D eigenvalue weighted by atomic mass is 79.9. The zero-order valence-electron chi connectivity index (χ0n) is 11.1. The fourth-order valence-electron chi connectivity index (χ4n) is 2.10. The molecule has 0 saturated carbocycles. The summed E-state index contributed by atoms with van der Waals surface area (Å²) in [5.41, 5.74) is 0.589. The Morgan fingerprint density at radius 2 is 2.05 bits per heavy atom. The lowest BCUT2D eigenvalue weighted by Crippen LogP contribution is -2.37. The lowest BCUT2D eigenvalue weighted by molar-refractivity contribution is -0.127. The number of carbonyl (C=O) groups is 2. The van der Waals surface area contributed by atoms with E-state index < -0.39 is 21.7 Å². The number of sulfone groups is 1. The molecular weight excluding hydrogens is 360 g/mol. The summed E-state index contributed by atoms with van der Waals surface area (Å²) in [6.07, 6.45) is 0.0738. The van der Waals surface area contributed by atoms with Crippen LogP contribution in [0.5, 0.6) is 0 Å². The number of hydrogen-bond acceptors (Lipinski definition) is 4. The minimum absolute atomic E-state index is 0.0496. The molecule has 0 spiro atoms. The molecule has 0 aliphatic carbocycles. The number of benzene rings is 1. The van der Waals surface area contributed by atoms with Crippen LogP contribution in [0.15, 0.2) is 28.7 Å². The molecule has 114 valence electrons. The Morgan fingerprint density at radius 3 is 2.67 bits per heavy atom. The van der Waals surface area contributed by atoms with Crippen LogP contribution < -0.4 is 10.6 Å². The number of amides is 2. The van der Waals surface area contributed by atoms with Crippen molar-refractivity contribution >= 4 is 43.3 Å². The Hall–Kier alpha value is -1.41. The van der Waals surface area contributed by atoms with E-state index >= 15 is 0 Å². The quantitative estimate of drug-likeness (QED) is 0.771. The van der Waals surface area contributed by atoms with Gasteiger partial charge in [0.25, 0.3) is 0 Å². The molecule has 1 atom stereocenters. The Bertz CT molecular complexity index is 660. The summed E-state index contributed by atoms with van der Waals surface area (Å²) >= 11 is 3.28. The van der Waals surface area contributed by atoms with Crippen molar-refractivity contribution in [3.63, 3.8) is 0 Å².